The molecular formula is C16H30N2O2. The first-order valence-corrected chi connectivity index (χ1v) is 8.15. The molecule has 4 heteroatoms. The van der Waals surface area contributed by atoms with Gasteiger partial charge in [0.1, 0.15) is 0 Å². The molecule has 0 aromatic rings. The molecule has 116 valence electrons. The number of amides is 1. The maximum atomic E-state index is 12.8. The Bertz CT molecular complexity index is 345. The van der Waals surface area contributed by atoms with Crippen LogP contribution in [0, 0.1) is 11.8 Å². The number of nitrogens with one attached hydrogen (secondary N) is 1. The van der Waals surface area contributed by atoms with Crippen LogP contribution in [0.2, 0.25) is 0 Å². The highest BCUT2D eigenvalue weighted by atomic mass is 16.5. The van der Waals surface area contributed by atoms with E-state index < -0.39 is 0 Å². The molecule has 0 spiro atoms. The Labute approximate surface area is 123 Å². The number of carbonyl (C=O) groups excluding carboxylic acids is 1. The number of carbonyl (C=O) groups is 1. The van der Waals surface area contributed by atoms with Crippen molar-refractivity contribution in [1.82, 2.24) is 10.2 Å². The van der Waals surface area contributed by atoms with Crippen molar-refractivity contribution in [3.63, 3.8) is 0 Å². The molecule has 5 atom stereocenters. The first-order valence-electron chi connectivity index (χ1n) is 8.15. The van der Waals surface area contributed by atoms with Gasteiger partial charge < -0.3 is 9.64 Å². The fourth-order valence-corrected chi connectivity index (χ4v) is 3.42. The molecule has 2 aliphatic rings. The van der Waals surface area contributed by atoms with E-state index in [1.54, 1.807) is 0 Å². The predicted molar refractivity (Wildman–Crippen MR) is 80.3 cm³/mol. The zero-order chi connectivity index (χ0) is 14.9. The second kappa shape index (κ2) is 6.44. The largest absolute Gasteiger partial charge is 0.378 e. The Hall–Kier alpha value is -0.610. The Morgan fingerprint density at radius 1 is 1.40 bits per heavy atom. The summed E-state index contributed by atoms with van der Waals surface area (Å²) in [6, 6.07) is 0.325. The number of nitrogens with zero attached hydrogens (tertiary/aromatic N) is 1. The van der Waals surface area contributed by atoms with Crippen molar-refractivity contribution in [2.75, 3.05) is 6.61 Å². The second-order valence-corrected chi connectivity index (χ2v) is 6.82. The van der Waals surface area contributed by atoms with Gasteiger partial charge in [0.15, 0.2) is 0 Å². The van der Waals surface area contributed by atoms with Crippen molar-refractivity contribution in [2.45, 2.75) is 78.2 Å². The van der Waals surface area contributed by atoms with Crippen LogP contribution in [-0.4, -0.2) is 41.8 Å². The molecule has 2 heterocycles. The zero-order valence-corrected chi connectivity index (χ0v) is 13.6. The molecule has 4 nitrogen and oxygen atoms in total. The van der Waals surface area contributed by atoms with Crippen LogP contribution >= 0.6 is 0 Å². The highest BCUT2D eigenvalue weighted by molar-refractivity contribution is 5.85. The Morgan fingerprint density at radius 2 is 2.10 bits per heavy atom. The Balaban J connectivity index is 2.17. The van der Waals surface area contributed by atoms with Gasteiger partial charge in [-0.3, -0.25) is 10.1 Å². The third-order valence-electron chi connectivity index (χ3n) is 4.87. The van der Waals surface area contributed by atoms with Crippen LogP contribution in [0.1, 0.15) is 53.9 Å². The van der Waals surface area contributed by atoms with Crippen molar-refractivity contribution in [3.8, 4) is 0 Å². The summed E-state index contributed by atoms with van der Waals surface area (Å²) in [4.78, 5) is 15.0. The summed E-state index contributed by atoms with van der Waals surface area (Å²) < 4.78 is 5.64. The first kappa shape index (κ1) is 15.8. The van der Waals surface area contributed by atoms with Crippen molar-refractivity contribution in [1.29, 1.82) is 0 Å². The van der Waals surface area contributed by atoms with Gasteiger partial charge in [-0.05, 0) is 31.6 Å². The van der Waals surface area contributed by atoms with E-state index in [9.17, 15) is 4.79 Å². The molecule has 0 radical (unpaired) electrons. The van der Waals surface area contributed by atoms with E-state index in [1.807, 2.05) is 0 Å². The summed E-state index contributed by atoms with van der Waals surface area (Å²) in [7, 11) is 0. The summed E-state index contributed by atoms with van der Waals surface area (Å²) in [5, 5.41) is 3.59. The van der Waals surface area contributed by atoms with E-state index in [1.165, 1.54) is 0 Å². The highest BCUT2D eigenvalue weighted by Gasteiger charge is 2.45. The van der Waals surface area contributed by atoms with Gasteiger partial charge in [-0.15, -0.1) is 0 Å². The zero-order valence-electron chi connectivity index (χ0n) is 13.6. The van der Waals surface area contributed by atoms with Gasteiger partial charge in [-0.25, -0.2) is 0 Å². The molecular weight excluding hydrogens is 252 g/mol. The molecule has 1 amide bonds. The van der Waals surface area contributed by atoms with Crippen molar-refractivity contribution in [2.24, 2.45) is 11.8 Å². The van der Waals surface area contributed by atoms with Crippen LogP contribution in [0.15, 0.2) is 0 Å². The minimum Gasteiger partial charge on any atom is -0.378 e. The van der Waals surface area contributed by atoms with Crippen LogP contribution in [0.4, 0.5) is 0 Å². The van der Waals surface area contributed by atoms with E-state index in [0.29, 0.717) is 23.8 Å². The van der Waals surface area contributed by atoms with Gasteiger partial charge >= 0.3 is 0 Å². The van der Waals surface area contributed by atoms with E-state index in [0.717, 1.165) is 25.9 Å². The van der Waals surface area contributed by atoms with Crippen molar-refractivity contribution in [3.05, 3.63) is 0 Å². The summed E-state index contributed by atoms with van der Waals surface area (Å²) in [5.74, 6) is 1.13. The molecule has 0 aromatic heterocycles. The number of ether oxygens (including phenoxy) is 1. The van der Waals surface area contributed by atoms with Crippen LogP contribution in [-0.2, 0) is 9.53 Å². The SMILES string of the molecule is CCC(C)C1NC(C(C)C)N(C2CCOC(C)C2)C1=O. The molecule has 2 rings (SSSR count). The number of rotatable bonds is 4. The molecule has 1 N–H and O–H groups in total. The van der Waals surface area contributed by atoms with E-state index in [2.05, 4.69) is 44.8 Å². The fourth-order valence-electron chi connectivity index (χ4n) is 3.42. The van der Waals surface area contributed by atoms with Gasteiger partial charge in [-0.1, -0.05) is 34.1 Å². The van der Waals surface area contributed by atoms with Crippen LogP contribution in [0.25, 0.3) is 0 Å². The molecule has 0 saturated carbocycles. The smallest absolute Gasteiger partial charge is 0.241 e. The maximum absolute atomic E-state index is 12.8. The highest BCUT2D eigenvalue weighted by Crippen LogP contribution is 2.30. The molecule has 0 bridgehead atoms. The third-order valence-corrected chi connectivity index (χ3v) is 4.87. The quantitative estimate of drug-likeness (QED) is 0.861. The van der Waals surface area contributed by atoms with Gasteiger partial charge in [-0.2, -0.15) is 0 Å². The molecule has 5 unspecified atom stereocenters. The average Bonchev–Trinajstić information content (AvgIpc) is 2.75. The molecule has 2 saturated heterocycles. The van der Waals surface area contributed by atoms with Crippen LogP contribution in [0.3, 0.4) is 0 Å². The van der Waals surface area contributed by atoms with E-state index in [-0.39, 0.29) is 18.3 Å². The Kier molecular flexibility index (Phi) is 5.08. The fraction of sp³-hybridized carbons (Fsp3) is 0.938. The predicted octanol–water partition coefficient (Wildman–Crippen LogP) is 2.38. The molecule has 0 aliphatic carbocycles. The van der Waals surface area contributed by atoms with E-state index >= 15 is 0 Å². The molecule has 2 fully saturated rings. The second-order valence-electron chi connectivity index (χ2n) is 6.82. The van der Waals surface area contributed by atoms with Gasteiger partial charge in [0.25, 0.3) is 0 Å². The van der Waals surface area contributed by atoms with Crippen molar-refractivity contribution >= 4 is 5.91 Å². The van der Waals surface area contributed by atoms with Crippen molar-refractivity contribution < 1.29 is 9.53 Å². The molecule has 2 aliphatic heterocycles. The standard InChI is InChI=1S/C16H30N2O2/c1-6-11(4)14-16(19)18(15(17-14)10(2)3)13-7-8-20-12(5)9-13/h10-15,17H,6-9H2,1-5H3. The molecule has 20 heavy (non-hydrogen) atoms. The third kappa shape index (κ3) is 3.01. The topological polar surface area (TPSA) is 41.6 Å². The van der Waals surface area contributed by atoms with Gasteiger partial charge in [0.2, 0.25) is 5.91 Å². The van der Waals surface area contributed by atoms with E-state index in [4.69, 9.17) is 4.74 Å². The van der Waals surface area contributed by atoms with Crippen LogP contribution in [0.5, 0.6) is 0 Å². The number of hydrogen-bond donors (Lipinski definition) is 1. The lowest BCUT2D eigenvalue weighted by Crippen LogP contribution is -2.50. The lowest BCUT2D eigenvalue weighted by atomic mass is 9.97. The summed E-state index contributed by atoms with van der Waals surface area (Å²) in [5.41, 5.74) is 0. The summed E-state index contributed by atoms with van der Waals surface area (Å²) >= 11 is 0. The summed E-state index contributed by atoms with van der Waals surface area (Å²) in [6.07, 6.45) is 3.40. The minimum atomic E-state index is -0.00875. The maximum Gasteiger partial charge on any atom is 0.241 e. The van der Waals surface area contributed by atoms with Gasteiger partial charge in [0, 0.05) is 12.6 Å². The Morgan fingerprint density at radius 3 is 2.65 bits per heavy atom. The van der Waals surface area contributed by atoms with Gasteiger partial charge in [0.05, 0.1) is 18.3 Å². The lowest BCUT2D eigenvalue weighted by Gasteiger charge is -2.38. The average molecular weight is 282 g/mol. The minimum absolute atomic E-state index is 0.00875. The lowest BCUT2D eigenvalue weighted by molar-refractivity contribution is -0.136. The molecule has 0 aromatic carbocycles. The summed E-state index contributed by atoms with van der Waals surface area (Å²) in [6.45, 7) is 11.6. The normalized spacial score (nSPS) is 36.7. The first-order chi connectivity index (χ1) is 9.45. The van der Waals surface area contributed by atoms with Crippen LogP contribution < -0.4 is 5.32 Å². The monoisotopic (exact) mass is 282 g/mol. The number of hydrogen-bond acceptors (Lipinski definition) is 3.